The van der Waals surface area contributed by atoms with E-state index in [0.29, 0.717) is 24.7 Å². The number of aromatic nitrogens is 2. The molecule has 116 valence electrons. The summed E-state index contributed by atoms with van der Waals surface area (Å²) in [5.74, 6) is 1.98. The molecule has 0 spiro atoms. The first kappa shape index (κ1) is 14.6. The third-order valence-electron chi connectivity index (χ3n) is 3.98. The number of rotatable bonds is 4. The molecule has 6 nitrogen and oxygen atoms in total. The van der Waals surface area contributed by atoms with Crippen LogP contribution in [0.25, 0.3) is 0 Å². The van der Waals surface area contributed by atoms with Crippen molar-refractivity contribution in [2.45, 2.75) is 32.6 Å². The Morgan fingerprint density at radius 2 is 2.27 bits per heavy atom. The Morgan fingerprint density at radius 3 is 2.95 bits per heavy atom. The zero-order chi connectivity index (χ0) is 15.7. The van der Waals surface area contributed by atoms with E-state index in [1.165, 1.54) is 0 Å². The fourth-order valence-electron chi connectivity index (χ4n) is 2.69. The minimum atomic E-state index is -0.0501. The van der Waals surface area contributed by atoms with Crippen LogP contribution in [0.15, 0.2) is 22.7 Å². The largest absolute Gasteiger partial charge is 0.497 e. The van der Waals surface area contributed by atoms with Crippen LogP contribution in [0.3, 0.4) is 0 Å². The van der Waals surface area contributed by atoms with Crippen molar-refractivity contribution in [3.63, 3.8) is 0 Å². The number of anilines is 1. The molecule has 0 N–H and O–H groups in total. The van der Waals surface area contributed by atoms with Crippen molar-refractivity contribution in [2.24, 2.45) is 0 Å². The van der Waals surface area contributed by atoms with Crippen molar-refractivity contribution in [1.82, 2.24) is 10.1 Å². The maximum absolute atomic E-state index is 12.4. The molecule has 3 rings (SSSR count). The van der Waals surface area contributed by atoms with Gasteiger partial charge >= 0.3 is 0 Å². The van der Waals surface area contributed by atoms with E-state index < -0.39 is 0 Å². The van der Waals surface area contributed by atoms with E-state index in [2.05, 4.69) is 10.1 Å². The number of carbonyl (C=O) groups excluding carboxylic acids is 1. The number of hydrogen-bond acceptors (Lipinski definition) is 5. The first-order valence-corrected chi connectivity index (χ1v) is 7.39. The SMILES string of the molecule is CCc1noc(C2CC(=O)N(c3cc(OC)ccc3C)C2)n1. The summed E-state index contributed by atoms with van der Waals surface area (Å²) in [6.07, 6.45) is 1.12. The summed E-state index contributed by atoms with van der Waals surface area (Å²) in [6.45, 7) is 4.51. The molecule has 1 aromatic carbocycles. The molecule has 1 amide bonds. The van der Waals surface area contributed by atoms with Gasteiger partial charge in [-0.25, -0.2) is 0 Å². The minimum Gasteiger partial charge on any atom is -0.497 e. The molecule has 0 aliphatic carbocycles. The van der Waals surface area contributed by atoms with Crippen LogP contribution >= 0.6 is 0 Å². The van der Waals surface area contributed by atoms with Crippen LogP contribution in [-0.4, -0.2) is 29.7 Å². The quantitative estimate of drug-likeness (QED) is 0.867. The average molecular weight is 301 g/mol. The second-order valence-corrected chi connectivity index (χ2v) is 5.46. The van der Waals surface area contributed by atoms with Gasteiger partial charge in [0.15, 0.2) is 5.82 Å². The predicted octanol–water partition coefficient (Wildman–Crippen LogP) is 2.47. The number of carbonyl (C=O) groups is 1. The van der Waals surface area contributed by atoms with Crippen molar-refractivity contribution in [3.05, 3.63) is 35.5 Å². The van der Waals surface area contributed by atoms with Gasteiger partial charge in [0.05, 0.1) is 18.7 Å². The maximum Gasteiger partial charge on any atom is 0.232 e. The Bertz CT molecular complexity index is 696. The fourth-order valence-corrected chi connectivity index (χ4v) is 2.69. The zero-order valence-electron chi connectivity index (χ0n) is 13.0. The summed E-state index contributed by atoms with van der Waals surface area (Å²) in [7, 11) is 1.62. The van der Waals surface area contributed by atoms with E-state index in [1.54, 1.807) is 12.0 Å². The van der Waals surface area contributed by atoms with Gasteiger partial charge in [0.1, 0.15) is 5.75 Å². The lowest BCUT2D eigenvalue weighted by Gasteiger charge is -2.19. The number of benzene rings is 1. The lowest BCUT2D eigenvalue weighted by Crippen LogP contribution is -2.25. The molecule has 1 unspecified atom stereocenters. The molecule has 1 saturated heterocycles. The normalized spacial score (nSPS) is 18.0. The molecule has 2 heterocycles. The van der Waals surface area contributed by atoms with Gasteiger partial charge in [0, 0.05) is 25.5 Å². The van der Waals surface area contributed by atoms with Gasteiger partial charge in [-0.2, -0.15) is 4.98 Å². The molecule has 2 aromatic rings. The molecule has 1 aliphatic heterocycles. The first-order valence-electron chi connectivity index (χ1n) is 7.39. The van der Waals surface area contributed by atoms with Gasteiger partial charge in [0.2, 0.25) is 11.8 Å². The van der Waals surface area contributed by atoms with Crippen LogP contribution in [0.4, 0.5) is 5.69 Å². The molecular formula is C16H19N3O3. The van der Waals surface area contributed by atoms with Crippen LogP contribution in [0, 0.1) is 6.92 Å². The summed E-state index contributed by atoms with van der Waals surface area (Å²) >= 11 is 0. The smallest absolute Gasteiger partial charge is 0.232 e. The Kier molecular flexibility index (Phi) is 3.83. The van der Waals surface area contributed by atoms with Crippen LogP contribution in [0.1, 0.15) is 36.5 Å². The van der Waals surface area contributed by atoms with Gasteiger partial charge in [0.25, 0.3) is 0 Å². The average Bonchev–Trinajstić information content (AvgIpc) is 3.14. The van der Waals surface area contributed by atoms with Crippen LogP contribution < -0.4 is 9.64 Å². The molecule has 1 aliphatic rings. The Morgan fingerprint density at radius 1 is 1.45 bits per heavy atom. The summed E-state index contributed by atoms with van der Waals surface area (Å²) in [6, 6.07) is 5.74. The number of hydrogen-bond donors (Lipinski definition) is 0. The van der Waals surface area contributed by atoms with E-state index >= 15 is 0 Å². The Labute approximate surface area is 129 Å². The Balaban J connectivity index is 1.85. The third-order valence-corrected chi connectivity index (χ3v) is 3.98. The summed E-state index contributed by atoms with van der Waals surface area (Å²) in [5, 5.41) is 3.91. The number of aryl methyl sites for hydroxylation is 2. The zero-order valence-corrected chi connectivity index (χ0v) is 13.0. The standard InChI is InChI=1S/C16H19N3O3/c1-4-14-17-16(22-18-14)11-7-15(20)19(9-11)13-8-12(21-3)6-5-10(13)2/h5-6,8,11H,4,7,9H2,1-3H3. The number of ether oxygens (including phenoxy) is 1. The highest BCUT2D eigenvalue weighted by atomic mass is 16.5. The third kappa shape index (κ3) is 2.56. The van der Waals surface area contributed by atoms with E-state index in [0.717, 1.165) is 23.4 Å². The van der Waals surface area contributed by atoms with Crippen LogP contribution in [0.2, 0.25) is 0 Å². The van der Waals surface area contributed by atoms with Crippen molar-refractivity contribution in [2.75, 3.05) is 18.6 Å². The molecular weight excluding hydrogens is 282 g/mol. The van der Waals surface area contributed by atoms with Gasteiger partial charge < -0.3 is 14.2 Å². The topological polar surface area (TPSA) is 68.5 Å². The van der Waals surface area contributed by atoms with Crippen molar-refractivity contribution >= 4 is 11.6 Å². The molecule has 0 saturated carbocycles. The lowest BCUT2D eigenvalue weighted by atomic mass is 10.1. The molecule has 1 atom stereocenters. The molecule has 1 fully saturated rings. The molecule has 0 radical (unpaired) electrons. The monoisotopic (exact) mass is 301 g/mol. The number of amides is 1. The van der Waals surface area contributed by atoms with E-state index in [1.807, 2.05) is 32.0 Å². The summed E-state index contributed by atoms with van der Waals surface area (Å²) in [4.78, 5) is 18.5. The second kappa shape index (κ2) is 5.79. The molecule has 0 bridgehead atoms. The summed E-state index contributed by atoms with van der Waals surface area (Å²) < 4.78 is 10.5. The highest BCUT2D eigenvalue weighted by Gasteiger charge is 2.35. The predicted molar refractivity (Wildman–Crippen MR) is 81.1 cm³/mol. The van der Waals surface area contributed by atoms with Crippen molar-refractivity contribution in [3.8, 4) is 5.75 Å². The van der Waals surface area contributed by atoms with E-state index in [-0.39, 0.29) is 11.8 Å². The van der Waals surface area contributed by atoms with Gasteiger partial charge in [-0.3, -0.25) is 4.79 Å². The Hall–Kier alpha value is -2.37. The van der Waals surface area contributed by atoms with Crippen molar-refractivity contribution in [1.29, 1.82) is 0 Å². The molecule has 1 aromatic heterocycles. The maximum atomic E-state index is 12.4. The highest BCUT2D eigenvalue weighted by Crippen LogP contribution is 2.34. The minimum absolute atomic E-state index is 0.0501. The second-order valence-electron chi connectivity index (χ2n) is 5.46. The first-order chi connectivity index (χ1) is 10.6. The molecule has 6 heteroatoms. The molecule has 22 heavy (non-hydrogen) atoms. The van der Waals surface area contributed by atoms with Gasteiger partial charge in [-0.1, -0.05) is 18.1 Å². The van der Waals surface area contributed by atoms with Crippen molar-refractivity contribution < 1.29 is 14.1 Å². The van der Waals surface area contributed by atoms with Crippen LogP contribution in [0.5, 0.6) is 5.75 Å². The fraction of sp³-hybridized carbons (Fsp3) is 0.438. The van der Waals surface area contributed by atoms with Crippen LogP contribution in [-0.2, 0) is 11.2 Å². The van der Waals surface area contributed by atoms with E-state index in [4.69, 9.17) is 9.26 Å². The number of methoxy groups -OCH3 is 1. The van der Waals surface area contributed by atoms with E-state index in [9.17, 15) is 4.79 Å². The summed E-state index contributed by atoms with van der Waals surface area (Å²) in [5.41, 5.74) is 1.91. The van der Waals surface area contributed by atoms with Gasteiger partial charge in [-0.05, 0) is 18.6 Å². The number of nitrogens with zero attached hydrogens (tertiary/aromatic N) is 3. The lowest BCUT2D eigenvalue weighted by molar-refractivity contribution is -0.117. The van der Waals surface area contributed by atoms with Gasteiger partial charge in [-0.15, -0.1) is 0 Å². The highest BCUT2D eigenvalue weighted by molar-refractivity contribution is 5.97.